The summed E-state index contributed by atoms with van der Waals surface area (Å²) in [6.45, 7) is 1.54. The molecule has 2 aliphatic carbocycles. The zero-order valence-electron chi connectivity index (χ0n) is 14.4. The van der Waals surface area contributed by atoms with Crippen molar-refractivity contribution in [2.24, 2.45) is 0 Å². The first-order chi connectivity index (χ1) is 11.7. The van der Waals surface area contributed by atoms with Gasteiger partial charge in [-0.05, 0) is 51.4 Å². The number of carbonyl (C=O) groups is 1. The molecule has 0 bridgehead atoms. The molecule has 1 saturated heterocycles. The highest BCUT2D eigenvalue weighted by Crippen LogP contribution is 2.36. The van der Waals surface area contributed by atoms with Gasteiger partial charge in [-0.25, -0.2) is 4.98 Å². The predicted molar refractivity (Wildman–Crippen MR) is 95.3 cm³/mol. The molecule has 0 aromatic carbocycles. The molecule has 3 aliphatic rings. The molecule has 1 aliphatic heterocycles. The fourth-order valence-corrected chi connectivity index (χ4v) is 5.83. The molecule has 4 rings (SSSR count). The number of aromatic nitrogens is 1. The fraction of sp³-hybridized carbons (Fsp3) is 0.789. The van der Waals surface area contributed by atoms with Crippen molar-refractivity contribution >= 4 is 17.2 Å². The average Bonchev–Trinajstić information content (AvgIpc) is 3.06. The van der Waals surface area contributed by atoms with E-state index < -0.39 is 5.60 Å². The third-order valence-electron chi connectivity index (χ3n) is 6.00. The molecule has 1 aromatic heterocycles. The standard InChI is InChI=1S/C19H28N2O2S/c22-18(19(23)10-4-1-5-11-19)21-12-6-7-14(13-21)17-20-15-8-2-3-9-16(15)24-17/h14,23H,1-13H2. The lowest BCUT2D eigenvalue weighted by atomic mass is 9.83. The van der Waals surface area contributed by atoms with Gasteiger partial charge in [-0.1, -0.05) is 19.3 Å². The number of rotatable bonds is 2. The number of thiazole rings is 1. The summed E-state index contributed by atoms with van der Waals surface area (Å²) in [6.07, 6.45) is 11.4. The van der Waals surface area contributed by atoms with Crippen molar-refractivity contribution in [2.75, 3.05) is 13.1 Å². The first kappa shape index (κ1) is 16.5. The summed E-state index contributed by atoms with van der Waals surface area (Å²) in [5, 5.41) is 12.0. The largest absolute Gasteiger partial charge is 0.380 e. The van der Waals surface area contributed by atoms with Crippen LogP contribution in [-0.4, -0.2) is 39.6 Å². The van der Waals surface area contributed by atoms with Gasteiger partial charge in [-0.3, -0.25) is 4.79 Å². The van der Waals surface area contributed by atoms with Crippen molar-refractivity contribution in [3.05, 3.63) is 15.6 Å². The second-order valence-electron chi connectivity index (χ2n) is 7.81. The minimum atomic E-state index is -1.09. The van der Waals surface area contributed by atoms with Gasteiger partial charge in [0.1, 0.15) is 5.60 Å². The minimum absolute atomic E-state index is 0.0202. The summed E-state index contributed by atoms with van der Waals surface area (Å²) >= 11 is 1.88. The van der Waals surface area contributed by atoms with Gasteiger partial charge in [0.2, 0.25) is 0 Å². The van der Waals surface area contributed by atoms with Gasteiger partial charge in [-0.2, -0.15) is 0 Å². The van der Waals surface area contributed by atoms with Crippen LogP contribution < -0.4 is 0 Å². The van der Waals surface area contributed by atoms with E-state index in [-0.39, 0.29) is 5.91 Å². The van der Waals surface area contributed by atoms with Gasteiger partial charge in [0.15, 0.2) is 0 Å². The maximum atomic E-state index is 12.9. The Kier molecular flexibility index (Phi) is 4.65. The van der Waals surface area contributed by atoms with Crippen LogP contribution in [0.4, 0.5) is 0 Å². The zero-order valence-corrected chi connectivity index (χ0v) is 15.2. The first-order valence-corrected chi connectivity index (χ1v) is 10.5. The number of aliphatic hydroxyl groups is 1. The quantitative estimate of drug-likeness (QED) is 0.891. The molecule has 4 nitrogen and oxygen atoms in total. The molecule has 24 heavy (non-hydrogen) atoms. The smallest absolute Gasteiger partial charge is 0.254 e. The SMILES string of the molecule is O=C(N1CCCC(c2nc3c(s2)CCCC3)C1)C1(O)CCCCC1. The lowest BCUT2D eigenvalue weighted by molar-refractivity contribution is -0.156. The van der Waals surface area contributed by atoms with Crippen molar-refractivity contribution in [3.8, 4) is 0 Å². The number of amides is 1. The number of piperidine rings is 1. The minimum Gasteiger partial charge on any atom is -0.380 e. The van der Waals surface area contributed by atoms with Crippen molar-refractivity contribution in [3.63, 3.8) is 0 Å². The summed E-state index contributed by atoms with van der Waals surface area (Å²) in [7, 11) is 0. The highest BCUT2D eigenvalue weighted by molar-refractivity contribution is 7.11. The Bertz CT molecular complexity index is 583. The number of hydrogen-bond acceptors (Lipinski definition) is 4. The molecule has 0 spiro atoms. The maximum Gasteiger partial charge on any atom is 0.254 e. The second-order valence-corrected chi connectivity index (χ2v) is 8.93. The molecule has 2 fully saturated rings. The average molecular weight is 349 g/mol. The third kappa shape index (κ3) is 3.13. The van der Waals surface area contributed by atoms with Gasteiger partial charge in [-0.15, -0.1) is 11.3 Å². The Morgan fingerprint density at radius 3 is 2.71 bits per heavy atom. The Hall–Kier alpha value is -0.940. The van der Waals surface area contributed by atoms with Crippen LogP contribution in [0.5, 0.6) is 0 Å². The van der Waals surface area contributed by atoms with Gasteiger partial charge in [0.25, 0.3) is 5.91 Å². The van der Waals surface area contributed by atoms with Crippen molar-refractivity contribution < 1.29 is 9.90 Å². The second kappa shape index (κ2) is 6.75. The molecule has 1 aromatic rings. The van der Waals surface area contributed by atoms with Crippen LogP contribution in [-0.2, 0) is 17.6 Å². The van der Waals surface area contributed by atoms with Gasteiger partial charge in [0.05, 0.1) is 10.7 Å². The summed E-state index contributed by atoms with van der Waals surface area (Å²) in [6, 6.07) is 0. The first-order valence-electron chi connectivity index (χ1n) is 9.66. The van der Waals surface area contributed by atoms with E-state index in [1.54, 1.807) is 0 Å². The van der Waals surface area contributed by atoms with E-state index >= 15 is 0 Å². The van der Waals surface area contributed by atoms with Gasteiger partial charge < -0.3 is 10.0 Å². The third-order valence-corrected chi connectivity index (χ3v) is 7.32. The Labute approximate surface area is 148 Å². The van der Waals surface area contributed by atoms with Gasteiger partial charge in [0, 0.05) is 23.9 Å². The molecule has 1 saturated carbocycles. The van der Waals surface area contributed by atoms with Crippen LogP contribution in [0.2, 0.25) is 0 Å². The maximum absolute atomic E-state index is 12.9. The highest BCUT2D eigenvalue weighted by atomic mass is 32.1. The molecule has 1 amide bonds. The molecule has 1 N–H and O–H groups in total. The fourth-order valence-electron chi connectivity index (χ4n) is 4.55. The van der Waals surface area contributed by atoms with Crippen LogP contribution in [0.3, 0.4) is 0 Å². The van der Waals surface area contributed by atoms with Crippen LogP contribution in [0.1, 0.15) is 79.3 Å². The molecule has 0 radical (unpaired) electrons. The lowest BCUT2D eigenvalue weighted by Crippen LogP contribution is -2.52. The molecule has 132 valence electrons. The number of hydrogen-bond donors (Lipinski definition) is 1. The zero-order chi connectivity index (χ0) is 16.6. The summed E-state index contributed by atoms with van der Waals surface area (Å²) < 4.78 is 0. The summed E-state index contributed by atoms with van der Waals surface area (Å²) in [4.78, 5) is 21.2. The van der Waals surface area contributed by atoms with E-state index in [4.69, 9.17) is 4.98 Å². The molecular formula is C19H28N2O2S. The normalized spacial score (nSPS) is 26.9. The number of fused-ring (bicyclic) bond motifs is 1. The van der Waals surface area contributed by atoms with Gasteiger partial charge >= 0.3 is 0 Å². The van der Waals surface area contributed by atoms with E-state index in [0.717, 1.165) is 51.6 Å². The predicted octanol–water partition coefficient (Wildman–Crippen LogP) is 3.42. The topological polar surface area (TPSA) is 53.4 Å². The number of aryl methyl sites for hydroxylation is 2. The van der Waals surface area contributed by atoms with E-state index in [0.29, 0.717) is 18.8 Å². The van der Waals surface area contributed by atoms with Crippen LogP contribution in [0.15, 0.2) is 0 Å². The van der Waals surface area contributed by atoms with Crippen molar-refractivity contribution in [1.29, 1.82) is 0 Å². The van der Waals surface area contributed by atoms with Crippen LogP contribution in [0, 0.1) is 0 Å². The molecule has 2 heterocycles. The van der Waals surface area contributed by atoms with E-state index in [1.807, 2.05) is 16.2 Å². The molecule has 1 unspecified atom stereocenters. The summed E-state index contributed by atoms with van der Waals surface area (Å²) in [5.41, 5.74) is 0.220. The van der Waals surface area contributed by atoms with Crippen LogP contribution >= 0.6 is 11.3 Å². The van der Waals surface area contributed by atoms with Crippen LogP contribution in [0.25, 0.3) is 0 Å². The monoisotopic (exact) mass is 348 g/mol. The molecule has 5 heteroatoms. The summed E-state index contributed by atoms with van der Waals surface area (Å²) in [5.74, 6) is 0.346. The van der Waals surface area contributed by atoms with E-state index in [9.17, 15) is 9.90 Å². The molecular weight excluding hydrogens is 320 g/mol. The Morgan fingerprint density at radius 1 is 1.12 bits per heavy atom. The van der Waals surface area contributed by atoms with Crippen molar-refractivity contribution in [2.45, 2.75) is 82.1 Å². The van der Waals surface area contributed by atoms with E-state index in [1.165, 1.54) is 34.8 Å². The highest BCUT2D eigenvalue weighted by Gasteiger charge is 2.41. The number of likely N-dealkylation sites (tertiary alicyclic amines) is 1. The Balaban J connectivity index is 1.47. The van der Waals surface area contributed by atoms with Crippen molar-refractivity contribution in [1.82, 2.24) is 9.88 Å². The number of carbonyl (C=O) groups excluding carboxylic acids is 1. The molecule has 1 atom stereocenters. The van der Waals surface area contributed by atoms with E-state index in [2.05, 4.69) is 0 Å². The Morgan fingerprint density at radius 2 is 1.92 bits per heavy atom. The lowest BCUT2D eigenvalue weighted by Gasteiger charge is -2.39. The number of nitrogens with zero attached hydrogens (tertiary/aromatic N) is 2.